The summed E-state index contributed by atoms with van der Waals surface area (Å²) < 4.78 is 76.5. The fourth-order valence-electron chi connectivity index (χ4n) is 1.65. The van der Waals surface area contributed by atoms with E-state index >= 15 is 0 Å². The van der Waals surface area contributed by atoms with Gasteiger partial charge in [0.2, 0.25) is 0 Å². The summed E-state index contributed by atoms with van der Waals surface area (Å²) in [6, 6.07) is 5.66. The van der Waals surface area contributed by atoms with Crippen LogP contribution in [-0.4, -0.2) is 0 Å². The molecule has 100 valence electrons. The van der Waals surface area contributed by atoms with Crippen molar-refractivity contribution in [2.24, 2.45) is 0 Å². The summed E-state index contributed by atoms with van der Waals surface area (Å²) in [6.45, 7) is 0. The van der Waals surface area contributed by atoms with Crippen LogP contribution in [0.2, 0.25) is 0 Å². The SMILES string of the molecule is Fc1ccc(-c2cc(F)c(C(F)(F)F)c(F)c2)cc1. The van der Waals surface area contributed by atoms with Crippen molar-refractivity contribution < 1.29 is 26.3 Å². The van der Waals surface area contributed by atoms with Crippen molar-refractivity contribution in [1.82, 2.24) is 0 Å². The molecule has 19 heavy (non-hydrogen) atoms. The summed E-state index contributed by atoms with van der Waals surface area (Å²) >= 11 is 0. The van der Waals surface area contributed by atoms with E-state index in [0.29, 0.717) is 12.1 Å². The molecule has 0 spiro atoms. The van der Waals surface area contributed by atoms with Gasteiger partial charge in [-0.05, 0) is 35.4 Å². The Labute approximate surface area is 104 Å². The number of hydrogen-bond acceptors (Lipinski definition) is 0. The van der Waals surface area contributed by atoms with Crippen LogP contribution in [0.3, 0.4) is 0 Å². The summed E-state index contributed by atoms with van der Waals surface area (Å²) in [5.41, 5.74) is -1.81. The predicted molar refractivity (Wildman–Crippen MR) is 56.8 cm³/mol. The molecular weight excluding hydrogens is 270 g/mol. The third-order valence-electron chi connectivity index (χ3n) is 2.50. The predicted octanol–water partition coefficient (Wildman–Crippen LogP) is 4.79. The normalized spacial score (nSPS) is 11.7. The number of halogens is 6. The molecule has 0 amide bonds. The zero-order chi connectivity index (χ0) is 14.2. The zero-order valence-electron chi connectivity index (χ0n) is 9.23. The topological polar surface area (TPSA) is 0 Å². The van der Waals surface area contributed by atoms with Crippen molar-refractivity contribution in [3.05, 3.63) is 59.4 Å². The van der Waals surface area contributed by atoms with E-state index < -0.39 is 29.2 Å². The van der Waals surface area contributed by atoms with Gasteiger partial charge in [0, 0.05) is 0 Å². The van der Waals surface area contributed by atoms with E-state index in [1.165, 1.54) is 12.1 Å². The maximum absolute atomic E-state index is 13.3. The Balaban J connectivity index is 2.54. The molecule has 2 aromatic carbocycles. The Morgan fingerprint density at radius 2 is 1.16 bits per heavy atom. The highest BCUT2D eigenvalue weighted by Crippen LogP contribution is 2.35. The molecule has 0 heterocycles. The fraction of sp³-hybridized carbons (Fsp3) is 0.0769. The third-order valence-corrected chi connectivity index (χ3v) is 2.50. The van der Waals surface area contributed by atoms with Crippen molar-refractivity contribution in [1.29, 1.82) is 0 Å². The summed E-state index contributed by atoms with van der Waals surface area (Å²) in [4.78, 5) is 0. The highest BCUT2D eigenvalue weighted by molar-refractivity contribution is 5.64. The molecule has 0 aromatic heterocycles. The number of alkyl halides is 3. The van der Waals surface area contributed by atoms with Crippen LogP contribution in [0, 0.1) is 17.5 Å². The van der Waals surface area contributed by atoms with Gasteiger partial charge in [0.05, 0.1) is 0 Å². The minimum Gasteiger partial charge on any atom is -0.207 e. The number of benzene rings is 2. The molecule has 2 rings (SSSR count). The second-order valence-corrected chi connectivity index (χ2v) is 3.82. The first-order chi connectivity index (χ1) is 8.79. The summed E-state index contributed by atoms with van der Waals surface area (Å²) in [5, 5.41) is 0. The van der Waals surface area contributed by atoms with Crippen molar-refractivity contribution in [3.63, 3.8) is 0 Å². The van der Waals surface area contributed by atoms with E-state index in [2.05, 4.69) is 0 Å². The van der Waals surface area contributed by atoms with E-state index in [1.807, 2.05) is 0 Å². The highest BCUT2D eigenvalue weighted by Gasteiger charge is 2.37. The minimum absolute atomic E-state index is 0.0944. The Kier molecular flexibility index (Phi) is 3.26. The molecule has 0 aliphatic heterocycles. The van der Waals surface area contributed by atoms with Crippen molar-refractivity contribution >= 4 is 0 Å². The van der Waals surface area contributed by atoms with Crippen LogP contribution >= 0.6 is 0 Å². The molecule has 0 nitrogen and oxygen atoms in total. The largest absolute Gasteiger partial charge is 0.422 e. The molecule has 0 aliphatic rings. The first-order valence-corrected chi connectivity index (χ1v) is 5.11. The van der Waals surface area contributed by atoms with Crippen LogP contribution in [0.1, 0.15) is 5.56 Å². The first kappa shape index (κ1) is 13.5. The van der Waals surface area contributed by atoms with Crippen molar-refractivity contribution in [3.8, 4) is 11.1 Å². The zero-order valence-corrected chi connectivity index (χ0v) is 9.23. The monoisotopic (exact) mass is 276 g/mol. The first-order valence-electron chi connectivity index (χ1n) is 5.11. The molecule has 0 atom stereocenters. The molecule has 0 aliphatic carbocycles. The lowest BCUT2D eigenvalue weighted by molar-refractivity contribution is -0.142. The average molecular weight is 276 g/mol. The Bertz CT molecular complexity index is 575. The molecule has 0 fully saturated rings. The average Bonchev–Trinajstić information content (AvgIpc) is 2.26. The van der Waals surface area contributed by atoms with E-state index in [9.17, 15) is 26.3 Å². The van der Waals surface area contributed by atoms with Gasteiger partial charge in [-0.15, -0.1) is 0 Å². The lowest BCUT2D eigenvalue weighted by Crippen LogP contribution is -2.11. The summed E-state index contributed by atoms with van der Waals surface area (Å²) in [5.74, 6) is -3.96. The Hall–Kier alpha value is -1.98. The molecule has 0 N–H and O–H groups in total. The van der Waals surface area contributed by atoms with E-state index in [4.69, 9.17) is 0 Å². The van der Waals surface area contributed by atoms with Gasteiger partial charge in [-0.25, -0.2) is 13.2 Å². The van der Waals surface area contributed by atoms with Gasteiger partial charge in [-0.3, -0.25) is 0 Å². The molecular formula is C13H6F6. The van der Waals surface area contributed by atoms with Gasteiger partial charge in [-0.1, -0.05) is 12.1 Å². The second-order valence-electron chi connectivity index (χ2n) is 3.82. The Morgan fingerprint density at radius 1 is 0.684 bits per heavy atom. The fourth-order valence-corrected chi connectivity index (χ4v) is 1.65. The Morgan fingerprint density at radius 3 is 1.58 bits per heavy atom. The maximum Gasteiger partial charge on any atom is 0.422 e. The van der Waals surface area contributed by atoms with Gasteiger partial charge in [-0.2, -0.15) is 13.2 Å². The van der Waals surface area contributed by atoms with E-state index in [-0.39, 0.29) is 11.1 Å². The van der Waals surface area contributed by atoms with E-state index in [0.717, 1.165) is 12.1 Å². The van der Waals surface area contributed by atoms with Gasteiger partial charge in [0.1, 0.15) is 23.0 Å². The molecule has 6 heteroatoms. The van der Waals surface area contributed by atoms with E-state index in [1.54, 1.807) is 0 Å². The van der Waals surface area contributed by atoms with Gasteiger partial charge in [0.25, 0.3) is 0 Å². The van der Waals surface area contributed by atoms with Crippen LogP contribution in [0.4, 0.5) is 26.3 Å². The van der Waals surface area contributed by atoms with Crippen LogP contribution in [0.5, 0.6) is 0 Å². The number of rotatable bonds is 1. The third kappa shape index (κ3) is 2.72. The van der Waals surface area contributed by atoms with Gasteiger partial charge < -0.3 is 0 Å². The molecule has 0 saturated heterocycles. The van der Waals surface area contributed by atoms with Gasteiger partial charge in [0.15, 0.2) is 0 Å². The molecule has 0 saturated carbocycles. The number of hydrogen-bond donors (Lipinski definition) is 0. The molecule has 0 unspecified atom stereocenters. The quantitative estimate of drug-likeness (QED) is 0.657. The molecule has 0 radical (unpaired) electrons. The lowest BCUT2D eigenvalue weighted by atomic mass is 10.0. The highest BCUT2D eigenvalue weighted by atomic mass is 19.4. The standard InChI is InChI=1S/C13H6F6/c14-9-3-1-7(2-4-9)8-5-10(15)12(11(16)6-8)13(17,18)19/h1-6H. The molecule has 2 aromatic rings. The van der Waals surface area contributed by atoms with Crippen molar-refractivity contribution in [2.45, 2.75) is 6.18 Å². The molecule has 0 bridgehead atoms. The van der Waals surface area contributed by atoms with Crippen LogP contribution in [0.15, 0.2) is 36.4 Å². The van der Waals surface area contributed by atoms with Crippen LogP contribution in [0.25, 0.3) is 11.1 Å². The lowest BCUT2D eigenvalue weighted by Gasteiger charge is -2.11. The smallest absolute Gasteiger partial charge is 0.207 e. The van der Waals surface area contributed by atoms with Crippen molar-refractivity contribution in [2.75, 3.05) is 0 Å². The van der Waals surface area contributed by atoms with Gasteiger partial charge >= 0.3 is 6.18 Å². The summed E-state index contributed by atoms with van der Waals surface area (Å²) in [7, 11) is 0. The summed E-state index contributed by atoms with van der Waals surface area (Å²) in [6.07, 6.45) is -5.10. The maximum atomic E-state index is 13.3. The van der Waals surface area contributed by atoms with Crippen LogP contribution < -0.4 is 0 Å². The van der Waals surface area contributed by atoms with Crippen LogP contribution in [-0.2, 0) is 6.18 Å². The minimum atomic E-state index is -5.10. The second kappa shape index (κ2) is 4.60.